The molecule has 0 amide bonds. The summed E-state index contributed by atoms with van der Waals surface area (Å²) in [6.45, 7) is 4.55. The summed E-state index contributed by atoms with van der Waals surface area (Å²) in [5, 5.41) is 4.33. The summed E-state index contributed by atoms with van der Waals surface area (Å²) in [5.74, 6) is 0.810. The summed E-state index contributed by atoms with van der Waals surface area (Å²) >= 11 is 0. The van der Waals surface area contributed by atoms with Crippen LogP contribution in [0.3, 0.4) is 0 Å². The number of aryl methyl sites for hydroxylation is 2. The maximum Gasteiger partial charge on any atom is 0.253 e. The highest BCUT2D eigenvalue weighted by Gasteiger charge is 2.06. The van der Waals surface area contributed by atoms with Gasteiger partial charge in [0.2, 0.25) is 0 Å². The fourth-order valence-corrected chi connectivity index (χ4v) is 2.77. The molecule has 0 radical (unpaired) electrons. The second-order valence-corrected chi connectivity index (χ2v) is 5.75. The lowest BCUT2D eigenvalue weighted by Crippen LogP contribution is -2.16. The first-order chi connectivity index (χ1) is 11.1. The molecule has 2 N–H and O–H groups in total. The highest BCUT2D eigenvalue weighted by Crippen LogP contribution is 2.19. The molecule has 0 atom stereocenters. The summed E-state index contributed by atoms with van der Waals surface area (Å²) in [6.07, 6.45) is 0. The lowest BCUT2D eigenvalue weighted by molar-refractivity contribution is 0.415. The molecule has 0 bridgehead atoms. The highest BCUT2D eigenvalue weighted by atomic mass is 16.5. The van der Waals surface area contributed by atoms with E-state index in [1.807, 2.05) is 37.3 Å². The van der Waals surface area contributed by atoms with Crippen LogP contribution in [0, 0.1) is 13.8 Å². The maximum absolute atomic E-state index is 12.3. The van der Waals surface area contributed by atoms with E-state index < -0.39 is 0 Å². The van der Waals surface area contributed by atoms with Crippen molar-refractivity contribution in [2.75, 3.05) is 12.4 Å². The first-order valence-corrected chi connectivity index (χ1v) is 7.58. The predicted octanol–water partition coefficient (Wildman–Crippen LogP) is 3.77. The molecule has 23 heavy (non-hydrogen) atoms. The standard InChI is InChI=1S/C19H20N2O2/c1-12-8-13(2)18-14(9-12)10-15(19(22)21-18)11-20-16-4-6-17(23-3)7-5-16/h4-10,20H,11H2,1-3H3,(H,21,22). The highest BCUT2D eigenvalue weighted by molar-refractivity contribution is 5.82. The Bertz CT molecular complexity index is 896. The number of aromatic amines is 1. The predicted molar refractivity (Wildman–Crippen MR) is 94.4 cm³/mol. The summed E-state index contributed by atoms with van der Waals surface area (Å²) < 4.78 is 5.14. The zero-order valence-electron chi connectivity index (χ0n) is 13.6. The second-order valence-electron chi connectivity index (χ2n) is 5.75. The third-order valence-electron chi connectivity index (χ3n) is 3.94. The van der Waals surface area contributed by atoms with E-state index in [-0.39, 0.29) is 5.56 Å². The number of pyridine rings is 1. The molecule has 0 saturated heterocycles. The molecule has 0 fully saturated rings. The fourth-order valence-electron chi connectivity index (χ4n) is 2.77. The Morgan fingerprint density at radius 2 is 1.83 bits per heavy atom. The van der Waals surface area contributed by atoms with Crippen LogP contribution in [0.4, 0.5) is 5.69 Å². The number of H-pyrrole nitrogens is 1. The average Bonchev–Trinajstić information content (AvgIpc) is 2.54. The topological polar surface area (TPSA) is 54.1 Å². The van der Waals surface area contributed by atoms with Crippen LogP contribution < -0.4 is 15.6 Å². The third kappa shape index (κ3) is 3.21. The summed E-state index contributed by atoms with van der Waals surface area (Å²) in [5.41, 5.74) is 4.81. The zero-order valence-corrected chi connectivity index (χ0v) is 13.6. The van der Waals surface area contributed by atoms with Crippen molar-refractivity contribution in [3.63, 3.8) is 0 Å². The molecular weight excluding hydrogens is 288 g/mol. The molecule has 4 nitrogen and oxygen atoms in total. The average molecular weight is 308 g/mol. The van der Waals surface area contributed by atoms with Gasteiger partial charge in [-0.15, -0.1) is 0 Å². The van der Waals surface area contributed by atoms with Gasteiger partial charge in [-0.05, 0) is 61.2 Å². The number of anilines is 1. The minimum atomic E-state index is -0.0505. The summed E-state index contributed by atoms with van der Waals surface area (Å²) in [6, 6.07) is 13.8. The van der Waals surface area contributed by atoms with Crippen molar-refractivity contribution in [3.05, 3.63) is 69.5 Å². The van der Waals surface area contributed by atoms with Crippen LogP contribution in [0.5, 0.6) is 5.75 Å². The molecule has 1 aromatic heterocycles. The van der Waals surface area contributed by atoms with Crippen molar-refractivity contribution in [2.24, 2.45) is 0 Å². The Labute approximate surface area is 135 Å². The van der Waals surface area contributed by atoms with Gasteiger partial charge in [0, 0.05) is 17.8 Å². The van der Waals surface area contributed by atoms with Crippen molar-refractivity contribution < 1.29 is 4.74 Å². The van der Waals surface area contributed by atoms with Crippen LogP contribution in [0.2, 0.25) is 0 Å². The van der Waals surface area contributed by atoms with Gasteiger partial charge >= 0.3 is 0 Å². The van der Waals surface area contributed by atoms with Gasteiger partial charge in [0.25, 0.3) is 5.56 Å². The number of nitrogens with one attached hydrogen (secondary N) is 2. The quantitative estimate of drug-likeness (QED) is 0.771. The molecule has 0 aliphatic heterocycles. The van der Waals surface area contributed by atoms with E-state index in [4.69, 9.17) is 4.74 Å². The number of fused-ring (bicyclic) bond motifs is 1. The zero-order chi connectivity index (χ0) is 16.4. The van der Waals surface area contributed by atoms with Crippen molar-refractivity contribution in [3.8, 4) is 5.75 Å². The Hall–Kier alpha value is -2.75. The first kappa shape index (κ1) is 15.2. The molecule has 0 unspecified atom stereocenters. The van der Waals surface area contributed by atoms with E-state index in [1.165, 1.54) is 5.56 Å². The number of rotatable bonds is 4. The van der Waals surface area contributed by atoms with E-state index in [2.05, 4.69) is 29.4 Å². The molecule has 4 heteroatoms. The van der Waals surface area contributed by atoms with Gasteiger partial charge in [0.15, 0.2) is 0 Å². The molecule has 3 aromatic rings. The Morgan fingerprint density at radius 3 is 2.52 bits per heavy atom. The van der Waals surface area contributed by atoms with Crippen LogP contribution in [0.25, 0.3) is 10.9 Å². The molecule has 0 aliphatic carbocycles. The van der Waals surface area contributed by atoms with Crippen LogP contribution >= 0.6 is 0 Å². The smallest absolute Gasteiger partial charge is 0.253 e. The van der Waals surface area contributed by atoms with Gasteiger partial charge in [0.05, 0.1) is 12.6 Å². The number of methoxy groups -OCH3 is 1. The molecule has 118 valence electrons. The largest absolute Gasteiger partial charge is 0.497 e. The third-order valence-corrected chi connectivity index (χ3v) is 3.94. The molecule has 2 aromatic carbocycles. The second kappa shape index (κ2) is 6.16. The molecule has 0 aliphatic rings. The molecule has 1 heterocycles. The lowest BCUT2D eigenvalue weighted by Gasteiger charge is -2.09. The van der Waals surface area contributed by atoms with Crippen LogP contribution in [0.1, 0.15) is 16.7 Å². The fraction of sp³-hybridized carbons (Fsp3) is 0.211. The number of aromatic nitrogens is 1. The monoisotopic (exact) mass is 308 g/mol. The van der Waals surface area contributed by atoms with E-state index >= 15 is 0 Å². The number of hydrogen-bond acceptors (Lipinski definition) is 3. The van der Waals surface area contributed by atoms with Gasteiger partial charge in [-0.2, -0.15) is 0 Å². The van der Waals surface area contributed by atoms with Gasteiger partial charge in [-0.25, -0.2) is 0 Å². The van der Waals surface area contributed by atoms with Crippen LogP contribution in [-0.2, 0) is 6.54 Å². The van der Waals surface area contributed by atoms with Crippen LogP contribution in [-0.4, -0.2) is 12.1 Å². The minimum Gasteiger partial charge on any atom is -0.497 e. The number of benzene rings is 2. The van der Waals surface area contributed by atoms with E-state index in [0.717, 1.165) is 33.5 Å². The SMILES string of the molecule is COc1ccc(NCc2cc3cc(C)cc(C)c3[nH]c2=O)cc1. The first-order valence-electron chi connectivity index (χ1n) is 7.58. The van der Waals surface area contributed by atoms with Crippen molar-refractivity contribution >= 4 is 16.6 Å². The Balaban J connectivity index is 1.87. The summed E-state index contributed by atoms with van der Waals surface area (Å²) in [4.78, 5) is 15.3. The van der Waals surface area contributed by atoms with Gasteiger partial charge in [-0.3, -0.25) is 4.79 Å². The van der Waals surface area contributed by atoms with Gasteiger partial charge < -0.3 is 15.0 Å². The Morgan fingerprint density at radius 1 is 1.09 bits per heavy atom. The van der Waals surface area contributed by atoms with Crippen molar-refractivity contribution in [1.29, 1.82) is 0 Å². The minimum absolute atomic E-state index is 0.0505. The van der Waals surface area contributed by atoms with E-state index in [9.17, 15) is 4.79 Å². The maximum atomic E-state index is 12.3. The molecular formula is C19H20N2O2. The summed E-state index contributed by atoms with van der Waals surface area (Å²) in [7, 11) is 1.64. The molecule has 3 rings (SSSR count). The molecule has 0 saturated carbocycles. The lowest BCUT2D eigenvalue weighted by atomic mass is 10.1. The van der Waals surface area contributed by atoms with E-state index in [0.29, 0.717) is 6.54 Å². The van der Waals surface area contributed by atoms with Gasteiger partial charge in [-0.1, -0.05) is 11.6 Å². The van der Waals surface area contributed by atoms with E-state index in [1.54, 1.807) is 7.11 Å². The van der Waals surface area contributed by atoms with Crippen LogP contribution in [0.15, 0.2) is 47.3 Å². The molecule has 0 spiro atoms. The van der Waals surface area contributed by atoms with Gasteiger partial charge in [0.1, 0.15) is 5.75 Å². The number of hydrogen-bond donors (Lipinski definition) is 2. The normalized spacial score (nSPS) is 10.7. The number of ether oxygens (including phenoxy) is 1. The Kier molecular flexibility index (Phi) is 4.06. The van der Waals surface area contributed by atoms with Crippen molar-refractivity contribution in [2.45, 2.75) is 20.4 Å². The van der Waals surface area contributed by atoms with Crippen molar-refractivity contribution in [1.82, 2.24) is 4.98 Å².